The number of urea groups is 1. The van der Waals surface area contributed by atoms with E-state index < -0.39 is 6.03 Å². The average Bonchev–Trinajstić information content (AvgIpc) is 3.41. The van der Waals surface area contributed by atoms with Gasteiger partial charge in [0.25, 0.3) is 0 Å². The molecule has 5 aromatic rings. The number of H-pyrrole nitrogens is 2. The van der Waals surface area contributed by atoms with Crippen LogP contribution in [0, 0.1) is 0 Å². The van der Waals surface area contributed by atoms with Crippen LogP contribution >= 0.6 is 0 Å². The van der Waals surface area contributed by atoms with Crippen molar-refractivity contribution in [3.05, 3.63) is 60.4 Å². The van der Waals surface area contributed by atoms with Crippen molar-refractivity contribution in [2.24, 2.45) is 5.73 Å². The molecule has 1 aliphatic rings. The number of rotatable bonds is 2. The van der Waals surface area contributed by atoms with Crippen molar-refractivity contribution >= 4 is 33.7 Å². The van der Waals surface area contributed by atoms with Crippen LogP contribution in [0.15, 0.2) is 54.9 Å². The number of para-hydroxylation sites is 2. The lowest BCUT2D eigenvalue weighted by atomic mass is 9.93. The Kier molecular flexibility index (Phi) is 3.79. The predicted molar refractivity (Wildman–Crippen MR) is 120 cm³/mol. The highest BCUT2D eigenvalue weighted by atomic mass is 16.2. The number of anilines is 1. The van der Waals surface area contributed by atoms with Gasteiger partial charge in [-0.25, -0.2) is 9.78 Å². The van der Waals surface area contributed by atoms with E-state index >= 15 is 0 Å². The number of nitrogens with one attached hydrogen (secondary N) is 2. The third kappa shape index (κ3) is 2.76. The monoisotopic (exact) mass is 409 g/mol. The second kappa shape index (κ2) is 6.66. The maximum atomic E-state index is 11.9. The van der Waals surface area contributed by atoms with Crippen LogP contribution in [0.25, 0.3) is 44.6 Å². The van der Waals surface area contributed by atoms with Gasteiger partial charge in [0.2, 0.25) is 0 Å². The topological polar surface area (TPSA) is 117 Å². The summed E-state index contributed by atoms with van der Waals surface area (Å²) in [6, 6.07) is 13.6. The number of imidazole rings is 1. The molecule has 0 aliphatic carbocycles. The molecule has 4 N–H and O–H groups in total. The van der Waals surface area contributed by atoms with E-state index in [2.05, 4.69) is 26.2 Å². The van der Waals surface area contributed by atoms with E-state index in [-0.39, 0.29) is 0 Å². The summed E-state index contributed by atoms with van der Waals surface area (Å²) in [6.07, 6.45) is 5.31. The molecule has 3 aromatic heterocycles. The zero-order valence-corrected chi connectivity index (χ0v) is 16.6. The van der Waals surface area contributed by atoms with Crippen molar-refractivity contribution in [2.45, 2.75) is 12.8 Å². The van der Waals surface area contributed by atoms with Crippen molar-refractivity contribution in [3.63, 3.8) is 0 Å². The van der Waals surface area contributed by atoms with Crippen molar-refractivity contribution in [1.29, 1.82) is 0 Å². The molecule has 0 spiro atoms. The Morgan fingerprint density at radius 1 is 1.10 bits per heavy atom. The van der Waals surface area contributed by atoms with Crippen molar-refractivity contribution in [1.82, 2.24) is 25.1 Å². The Bertz CT molecular complexity index is 1430. The third-order valence-electron chi connectivity index (χ3n) is 5.89. The number of pyridine rings is 1. The summed E-state index contributed by atoms with van der Waals surface area (Å²) in [5.74, 6) is 0.720. The molecule has 0 unspecified atom stereocenters. The van der Waals surface area contributed by atoms with Gasteiger partial charge in [-0.2, -0.15) is 5.10 Å². The van der Waals surface area contributed by atoms with Crippen LogP contribution in [0.5, 0.6) is 0 Å². The van der Waals surface area contributed by atoms with Gasteiger partial charge in [0.15, 0.2) is 5.82 Å². The van der Waals surface area contributed by atoms with Gasteiger partial charge < -0.3 is 10.7 Å². The van der Waals surface area contributed by atoms with E-state index in [1.54, 1.807) is 11.1 Å². The van der Waals surface area contributed by atoms with Gasteiger partial charge in [-0.1, -0.05) is 18.2 Å². The van der Waals surface area contributed by atoms with Gasteiger partial charge in [-0.15, -0.1) is 0 Å². The molecule has 2 aromatic carbocycles. The predicted octanol–water partition coefficient (Wildman–Crippen LogP) is 4.00. The van der Waals surface area contributed by atoms with E-state index in [0.717, 1.165) is 68.7 Å². The van der Waals surface area contributed by atoms with Gasteiger partial charge in [0.05, 0.1) is 28.4 Å². The quantitative estimate of drug-likeness (QED) is 0.408. The first-order chi connectivity index (χ1) is 15.2. The smallest absolute Gasteiger partial charge is 0.319 e. The zero-order chi connectivity index (χ0) is 20.9. The van der Waals surface area contributed by atoms with Crippen LogP contribution in [-0.2, 0) is 6.42 Å². The number of nitrogens with two attached hydrogens (primary N) is 1. The van der Waals surface area contributed by atoms with Gasteiger partial charge >= 0.3 is 6.03 Å². The molecule has 0 fully saturated rings. The summed E-state index contributed by atoms with van der Waals surface area (Å²) in [5, 5.41) is 8.58. The molecule has 0 radical (unpaired) electrons. The lowest BCUT2D eigenvalue weighted by Gasteiger charge is -2.29. The number of amides is 2. The highest BCUT2D eigenvalue weighted by Gasteiger charge is 2.24. The summed E-state index contributed by atoms with van der Waals surface area (Å²) in [7, 11) is 0. The Hall–Kier alpha value is -4.20. The summed E-state index contributed by atoms with van der Waals surface area (Å²) in [6.45, 7) is 0.616. The number of hydrogen-bond acceptors (Lipinski definition) is 4. The molecular formula is C23H19N7O. The number of hydrogen-bond donors (Lipinski definition) is 3. The lowest BCUT2D eigenvalue weighted by molar-refractivity contribution is 0.253. The average molecular weight is 409 g/mol. The highest BCUT2D eigenvalue weighted by molar-refractivity contribution is 5.97. The molecule has 4 heterocycles. The molecule has 31 heavy (non-hydrogen) atoms. The maximum Gasteiger partial charge on any atom is 0.319 e. The fraction of sp³-hybridized carbons (Fsp3) is 0.130. The van der Waals surface area contributed by atoms with E-state index in [1.165, 1.54) is 0 Å². The minimum absolute atomic E-state index is 0.447. The first-order valence-electron chi connectivity index (χ1n) is 10.2. The van der Waals surface area contributed by atoms with Gasteiger partial charge in [-0.3, -0.25) is 15.0 Å². The fourth-order valence-electron chi connectivity index (χ4n) is 4.41. The van der Waals surface area contributed by atoms with Crippen molar-refractivity contribution in [3.8, 4) is 22.6 Å². The number of nitrogens with zero attached hydrogens (tertiary/aromatic N) is 4. The van der Waals surface area contributed by atoms with Crippen LogP contribution in [0.2, 0.25) is 0 Å². The Morgan fingerprint density at radius 3 is 2.87 bits per heavy atom. The molecule has 6 rings (SSSR count). The van der Waals surface area contributed by atoms with Crippen LogP contribution in [0.1, 0.15) is 12.0 Å². The molecule has 0 bridgehead atoms. The van der Waals surface area contributed by atoms with Crippen LogP contribution in [0.4, 0.5) is 10.5 Å². The number of aromatic nitrogens is 5. The number of primary amides is 1. The first-order valence-corrected chi connectivity index (χ1v) is 10.2. The molecule has 8 heteroatoms. The molecule has 0 saturated heterocycles. The third-order valence-corrected chi connectivity index (χ3v) is 5.89. The number of aromatic amines is 2. The Labute approximate surface area is 177 Å². The largest absolute Gasteiger partial charge is 0.351 e. The molecular weight excluding hydrogens is 390 g/mol. The molecule has 152 valence electrons. The Morgan fingerprint density at radius 2 is 2.00 bits per heavy atom. The van der Waals surface area contributed by atoms with Gasteiger partial charge in [-0.05, 0) is 48.2 Å². The van der Waals surface area contributed by atoms with E-state index in [0.29, 0.717) is 6.54 Å². The highest BCUT2D eigenvalue weighted by Crippen LogP contribution is 2.36. The zero-order valence-electron chi connectivity index (χ0n) is 16.6. The Balaban J connectivity index is 1.50. The first kappa shape index (κ1) is 17.6. The number of fused-ring (bicyclic) bond motifs is 3. The van der Waals surface area contributed by atoms with E-state index in [1.807, 2.05) is 42.6 Å². The standard InChI is InChI=1S/C23H19N7O/c24-23(31)30-9-3-4-14-16(11-25-12-20(14)30)13-7-8-17-15(10-13)21(29-28-17)22-26-18-5-1-2-6-19(18)27-22/h1-2,5-8,10-12H,3-4,9H2,(H2,24,31)(H,26,27)(H,28,29). The van der Waals surface area contributed by atoms with Crippen LogP contribution in [0.3, 0.4) is 0 Å². The molecule has 2 amide bonds. The fourth-order valence-corrected chi connectivity index (χ4v) is 4.41. The normalized spacial score (nSPS) is 13.6. The molecule has 1 aliphatic heterocycles. The second-order valence-corrected chi connectivity index (χ2v) is 7.71. The maximum absolute atomic E-state index is 11.9. The van der Waals surface area contributed by atoms with E-state index in [4.69, 9.17) is 10.7 Å². The number of carbonyl (C=O) groups is 1. The molecule has 0 saturated carbocycles. The summed E-state index contributed by atoms with van der Waals surface area (Å²) in [4.78, 5) is 25.9. The van der Waals surface area contributed by atoms with Crippen molar-refractivity contribution < 1.29 is 4.79 Å². The van der Waals surface area contributed by atoms with Gasteiger partial charge in [0, 0.05) is 23.7 Å². The minimum atomic E-state index is -0.447. The number of benzene rings is 2. The number of carbonyl (C=O) groups excluding carboxylic acids is 1. The summed E-state index contributed by atoms with van der Waals surface area (Å²) < 4.78 is 0. The SMILES string of the molecule is NC(=O)N1CCCc2c(-c3ccc4[nH]nc(-c5nc6ccccc6[nH]5)c4c3)cncc21. The summed E-state index contributed by atoms with van der Waals surface area (Å²) in [5.41, 5.74) is 13.1. The van der Waals surface area contributed by atoms with Crippen LogP contribution < -0.4 is 10.6 Å². The van der Waals surface area contributed by atoms with Crippen LogP contribution in [-0.4, -0.2) is 37.7 Å². The summed E-state index contributed by atoms with van der Waals surface area (Å²) >= 11 is 0. The van der Waals surface area contributed by atoms with Crippen molar-refractivity contribution in [2.75, 3.05) is 11.4 Å². The van der Waals surface area contributed by atoms with Gasteiger partial charge in [0.1, 0.15) is 5.69 Å². The molecule has 8 nitrogen and oxygen atoms in total. The molecule has 0 atom stereocenters. The minimum Gasteiger partial charge on any atom is -0.351 e. The van der Waals surface area contributed by atoms with E-state index in [9.17, 15) is 4.79 Å². The second-order valence-electron chi connectivity index (χ2n) is 7.71. The lowest BCUT2D eigenvalue weighted by Crippen LogP contribution is -2.39.